The highest BCUT2D eigenvalue weighted by molar-refractivity contribution is 6.17. The van der Waals surface area contributed by atoms with Gasteiger partial charge in [0.15, 0.2) is 0 Å². The smallest absolute Gasteiger partial charge is 0.0540 e. The van der Waals surface area contributed by atoms with Crippen LogP contribution in [0.2, 0.25) is 0 Å². The number of hydrogen-bond donors (Lipinski definition) is 0. The zero-order valence-electron chi connectivity index (χ0n) is 23.6. The van der Waals surface area contributed by atoms with Crippen LogP contribution in [0.15, 0.2) is 164 Å². The monoisotopic (exact) mass is 540 g/mol. The minimum absolute atomic E-state index is 0.889. The highest BCUT2D eigenvalue weighted by Gasteiger charge is 2.25. The van der Waals surface area contributed by atoms with E-state index < -0.39 is 0 Å². The van der Waals surface area contributed by atoms with E-state index in [-0.39, 0.29) is 0 Å². The largest absolute Gasteiger partial charge is 0.310 e. The predicted molar refractivity (Wildman–Crippen MR) is 181 cm³/mol. The van der Waals surface area contributed by atoms with Crippen LogP contribution in [0.1, 0.15) is 11.1 Å². The summed E-state index contributed by atoms with van der Waals surface area (Å²) in [4.78, 5) is 4.66. The third-order valence-electron chi connectivity index (χ3n) is 8.19. The van der Waals surface area contributed by atoms with Crippen molar-refractivity contribution in [2.75, 3.05) is 9.80 Å². The van der Waals surface area contributed by atoms with Gasteiger partial charge >= 0.3 is 0 Å². The molecule has 1 aliphatic rings. The highest BCUT2D eigenvalue weighted by Crippen LogP contribution is 2.47. The molecule has 0 spiro atoms. The summed E-state index contributed by atoms with van der Waals surface area (Å²) in [5.74, 6) is 0. The van der Waals surface area contributed by atoms with E-state index in [2.05, 4.69) is 150 Å². The molecule has 0 aliphatic heterocycles. The van der Waals surface area contributed by atoms with E-state index in [4.69, 9.17) is 0 Å². The molecule has 0 N–H and O–H groups in total. The Morgan fingerprint density at radius 2 is 1.19 bits per heavy atom. The first-order valence-electron chi connectivity index (χ1n) is 14.5. The van der Waals surface area contributed by atoms with Crippen molar-refractivity contribution in [3.63, 3.8) is 0 Å². The molecule has 0 saturated carbocycles. The number of hydrogen-bond acceptors (Lipinski definition) is 2. The van der Waals surface area contributed by atoms with Crippen LogP contribution in [0.5, 0.6) is 0 Å². The lowest BCUT2D eigenvalue weighted by Crippen LogP contribution is -2.16. The highest BCUT2D eigenvalue weighted by atomic mass is 15.2. The summed E-state index contributed by atoms with van der Waals surface area (Å²) in [5.41, 5.74) is 9.44. The van der Waals surface area contributed by atoms with Gasteiger partial charge in [-0.1, -0.05) is 104 Å². The molecule has 0 unspecified atom stereocenters. The quantitative estimate of drug-likeness (QED) is 0.140. The Kier molecular flexibility index (Phi) is 6.65. The van der Waals surface area contributed by atoms with E-state index in [1.807, 2.05) is 12.2 Å². The number of para-hydroxylation sites is 3. The summed E-state index contributed by atoms with van der Waals surface area (Å²) in [6, 6.07) is 45.6. The van der Waals surface area contributed by atoms with Crippen LogP contribution in [0, 0.1) is 0 Å². The SMILES string of the molecule is C=C/C=C\C(=C)N(c1ccccc1)c1ccc2c3c1ccc1ccc(N(c4ccccc4)c4ccccc4)c(c13)CC2. The molecule has 0 radical (unpaired) electrons. The van der Waals surface area contributed by atoms with Gasteiger partial charge in [-0.3, -0.25) is 0 Å². The van der Waals surface area contributed by atoms with Gasteiger partial charge < -0.3 is 9.80 Å². The van der Waals surface area contributed by atoms with Crippen LogP contribution < -0.4 is 9.80 Å². The number of nitrogens with zero attached hydrogens (tertiary/aromatic N) is 2. The number of rotatable bonds is 8. The molecule has 0 amide bonds. The molecular formula is C40H32N2. The molecule has 1 aliphatic carbocycles. The third-order valence-corrected chi connectivity index (χ3v) is 8.19. The summed E-state index contributed by atoms with van der Waals surface area (Å²) < 4.78 is 0. The fourth-order valence-corrected chi connectivity index (χ4v) is 6.38. The van der Waals surface area contributed by atoms with Gasteiger partial charge in [-0.15, -0.1) is 0 Å². The molecule has 0 bridgehead atoms. The average Bonchev–Trinajstić information content (AvgIpc) is 3.05. The maximum absolute atomic E-state index is 4.46. The van der Waals surface area contributed by atoms with Crippen LogP contribution in [0.3, 0.4) is 0 Å². The molecule has 0 aromatic heterocycles. The van der Waals surface area contributed by atoms with Crippen molar-refractivity contribution in [1.82, 2.24) is 0 Å². The maximum Gasteiger partial charge on any atom is 0.0540 e. The molecule has 202 valence electrons. The Balaban J connectivity index is 1.50. The van der Waals surface area contributed by atoms with E-state index in [1.165, 1.54) is 38.4 Å². The molecule has 42 heavy (non-hydrogen) atoms. The van der Waals surface area contributed by atoms with Crippen molar-refractivity contribution in [1.29, 1.82) is 0 Å². The van der Waals surface area contributed by atoms with Crippen molar-refractivity contribution in [3.8, 4) is 0 Å². The standard InChI is InChI=1S/C40H32N2/c1-3-4-14-29(2)41(32-15-8-5-9-16-32)37-27-23-30-22-26-36-38(28-24-31-21-25-35(37)39(30)40(31)36)42(33-17-10-6-11-18-33)34-19-12-7-13-20-34/h3-21,23-25,27-28H,1-2,22,26H2/b14-4-. The van der Waals surface area contributed by atoms with Crippen LogP contribution in [0.25, 0.3) is 21.5 Å². The maximum atomic E-state index is 4.46. The number of benzene rings is 6. The first kappa shape index (κ1) is 25.6. The van der Waals surface area contributed by atoms with E-state index in [0.29, 0.717) is 0 Å². The molecule has 0 atom stereocenters. The zero-order valence-corrected chi connectivity index (χ0v) is 23.6. The van der Waals surface area contributed by atoms with Gasteiger partial charge in [0.2, 0.25) is 0 Å². The molecular weight excluding hydrogens is 508 g/mol. The van der Waals surface area contributed by atoms with Gasteiger partial charge in [0.05, 0.1) is 5.69 Å². The summed E-state index contributed by atoms with van der Waals surface area (Å²) in [6.45, 7) is 8.32. The van der Waals surface area contributed by atoms with Crippen molar-refractivity contribution < 1.29 is 0 Å². The lowest BCUT2D eigenvalue weighted by Gasteiger charge is -2.32. The third kappa shape index (κ3) is 4.38. The first-order chi connectivity index (χ1) is 20.7. The predicted octanol–water partition coefficient (Wildman–Crippen LogP) is 11.0. The van der Waals surface area contributed by atoms with Crippen LogP contribution in [-0.2, 0) is 12.8 Å². The van der Waals surface area contributed by atoms with E-state index >= 15 is 0 Å². The summed E-state index contributed by atoms with van der Waals surface area (Å²) in [7, 11) is 0. The first-order valence-corrected chi connectivity index (χ1v) is 14.5. The van der Waals surface area contributed by atoms with Gasteiger partial charge in [0.1, 0.15) is 0 Å². The van der Waals surface area contributed by atoms with E-state index in [1.54, 1.807) is 6.08 Å². The second-order valence-corrected chi connectivity index (χ2v) is 10.7. The Labute approximate surface area is 247 Å². The van der Waals surface area contributed by atoms with Gasteiger partial charge in [0.25, 0.3) is 0 Å². The fraction of sp³-hybridized carbons (Fsp3) is 0.0500. The van der Waals surface area contributed by atoms with Crippen molar-refractivity contribution in [2.24, 2.45) is 0 Å². The summed E-state index contributed by atoms with van der Waals surface area (Å²) in [6.07, 6.45) is 7.75. The molecule has 6 aromatic rings. The van der Waals surface area contributed by atoms with Crippen LogP contribution >= 0.6 is 0 Å². The molecule has 6 aromatic carbocycles. The van der Waals surface area contributed by atoms with Gasteiger partial charge in [0, 0.05) is 33.8 Å². The summed E-state index contributed by atoms with van der Waals surface area (Å²) >= 11 is 0. The average molecular weight is 541 g/mol. The molecule has 7 rings (SSSR count). The molecule has 0 fully saturated rings. The molecule has 0 saturated heterocycles. The molecule has 2 nitrogen and oxygen atoms in total. The number of allylic oxidation sites excluding steroid dienone is 3. The second kappa shape index (κ2) is 10.9. The van der Waals surface area contributed by atoms with Gasteiger partial charge in [-0.05, 0) is 94.7 Å². The van der Waals surface area contributed by atoms with Crippen LogP contribution in [-0.4, -0.2) is 0 Å². The minimum atomic E-state index is 0.889. The molecule has 2 heteroatoms. The zero-order chi connectivity index (χ0) is 28.5. The topological polar surface area (TPSA) is 6.48 Å². The number of anilines is 5. The lowest BCUT2D eigenvalue weighted by atomic mass is 9.84. The van der Waals surface area contributed by atoms with E-state index in [0.717, 1.165) is 41.3 Å². The van der Waals surface area contributed by atoms with Gasteiger partial charge in [-0.2, -0.15) is 0 Å². The van der Waals surface area contributed by atoms with Gasteiger partial charge in [-0.25, -0.2) is 0 Å². The van der Waals surface area contributed by atoms with Crippen LogP contribution in [0.4, 0.5) is 28.4 Å². The Bertz CT molecular complexity index is 1910. The van der Waals surface area contributed by atoms with Crippen molar-refractivity contribution in [2.45, 2.75) is 12.8 Å². The van der Waals surface area contributed by atoms with Crippen molar-refractivity contribution >= 4 is 50.0 Å². The number of aryl methyl sites for hydroxylation is 2. The Morgan fingerprint density at radius 1 is 0.595 bits per heavy atom. The van der Waals surface area contributed by atoms with Crippen molar-refractivity contribution in [3.05, 3.63) is 176 Å². The second-order valence-electron chi connectivity index (χ2n) is 10.7. The Morgan fingerprint density at radius 3 is 1.83 bits per heavy atom. The minimum Gasteiger partial charge on any atom is -0.310 e. The summed E-state index contributed by atoms with van der Waals surface area (Å²) in [5, 5.41) is 5.21. The fourth-order valence-electron chi connectivity index (χ4n) is 6.38. The van der Waals surface area contributed by atoms with E-state index in [9.17, 15) is 0 Å². The lowest BCUT2D eigenvalue weighted by molar-refractivity contribution is 0.963. The molecule has 0 heterocycles. The normalized spacial score (nSPS) is 12.2. The Hall–Kier alpha value is -5.34.